The second-order valence-electron chi connectivity index (χ2n) is 2.70. The van der Waals surface area contributed by atoms with E-state index in [2.05, 4.69) is 21.8 Å². The van der Waals surface area contributed by atoms with Crippen LogP contribution in [-0.2, 0) is 0 Å². The Bertz CT molecular complexity index is 217. The van der Waals surface area contributed by atoms with Crippen molar-refractivity contribution < 1.29 is 0 Å². The average molecular weight is 166 g/mol. The van der Waals surface area contributed by atoms with E-state index in [1.165, 1.54) is 6.33 Å². The van der Waals surface area contributed by atoms with Crippen LogP contribution >= 0.6 is 0 Å². The highest BCUT2D eigenvalue weighted by atomic mass is 15.2. The van der Waals surface area contributed by atoms with Crippen molar-refractivity contribution in [2.75, 3.05) is 0 Å². The van der Waals surface area contributed by atoms with E-state index in [0.717, 1.165) is 25.1 Å². The van der Waals surface area contributed by atoms with Gasteiger partial charge in [0.2, 0.25) is 0 Å². The first-order valence-electron chi connectivity index (χ1n) is 4.06. The molecule has 1 rings (SSSR count). The molecular formula is C8H14N4. The zero-order valence-electron chi connectivity index (χ0n) is 7.03. The molecule has 0 aromatic carbocycles. The van der Waals surface area contributed by atoms with Gasteiger partial charge in [-0.05, 0) is 19.3 Å². The standard InChI is InChI=1S/C8H14N4/c1-2-3-4-5-7(9)8-10-6-11-12-8/h2,6-7H,1,3-5,9H2,(H,10,11,12). The fourth-order valence-corrected chi connectivity index (χ4v) is 1.01. The molecule has 0 aliphatic carbocycles. The highest BCUT2D eigenvalue weighted by Crippen LogP contribution is 2.11. The van der Waals surface area contributed by atoms with Crippen LogP contribution in [0.1, 0.15) is 31.1 Å². The highest BCUT2D eigenvalue weighted by Gasteiger charge is 2.06. The molecule has 3 N–H and O–H groups in total. The summed E-state index contributed by atoms with van der Waals surface area (Å²) in [5, 5.41) is 6.49. The third-order valence-electron chi connectivity index (χ3n) is 1.71. The number of nitrogens with one attached hydrogen (secondary N) is 1. The molecule has 12 heavy (non-hydrogen) atoms. The van der Waals surface area contributed by atoms with E-state index >= 15 is 0 Å². The molecule has 0 aliphatic rings. The maximum absolute atomic E-state index is 5.81. The summed E-state index contributed by atoms with van der Waals surface area (Å²) in [6.07, 6.45) is 6.34. The summed E-state index contributed by atoms with van der Waals surface area (Å²) in [6.45, 7) is 3.64. The monoisotopic (exact) mass is 166 g/mol. The number of nitrogens with two attached hydrogens (primary N) is 1. The first-order valence-corrected chi connectivity index (χ1v) is 4.06. The van der Waals surface area contributed by atoms with E-state index in [1.807, 2.05) is 6.08 Å². The van der Waals surface area contributed by atoms with E-state index in [1.54, 1.807) is 0 Å². The second-order valence-corrected chi connectivity index (χ2v) is 2.70. The summed E-state index contributed by atoms with van der Waals surface area (Å²) >= 11 is 0. The molecule has 0 radical (unpaired) electrons. The van der Waals surface area contributed by atoms with Gasteiger partial charge in [0, 0.05) is 0 Å². The zero-order valence-corrected chi connectivity index (χ0v) is 7.03. The summed E-state index contributed by atoms with van der Waals surface area (Å²) in [5.74, 6) is 0.763. The van der Waals surface area contributed by atoms with Crippen LogP contribution in [0, 0.1) is 0 Å². The van der Waals surface area contributed by atoms with Crippen LogP contribution in [0.15, 0.2) is 19.0 Å². The SMILES string of the molecule is C=CCCCC(N)c1ncn[nH]1. The van der Waals surface area contributed by atoms with Gasteiger partial charge in [-0.25, -0.2) is 4.98 Å². The molecule has 0 spiro atoms. The van der Waals surface area contributed by atoms with Gasteiger partial charge >= 0.3 is 0 Å². The van der Waals surface area contributed by atoms with Crippen molar-refractivity contribution >= 4 is 0 Å². The van der Waals surface area contributed by atoms with Crippen LogP contribution in [0.5, 0.6) is 0 Å². The molecule has 66 valence electrons. The predicted octanol–water partition coefficient (Wildman–Crippen LogP) is 1.16. The maximum Gasteiger partial charge on any atom is 0.141 e. The Morgan fingerprint density at radius 3 is 3.17 bits per heavy atom. The lowest BCUT2D eigenvalue weighted by atomic mass is 10.1. The molecule has 1 atom stereocenters. The largest absolute Gasteiger partial charge is 0.321 e. The van der Waals surface area contributed by atoms with Gasteiger partial charge in [0.05, 0.1) is 6.04 Å². The number of hydrogen-bond acceptors (Lipinski definition) is 3. The Morgan fingerprint density at radius 2 is 2.58 bits per heavy atom. The van der Waals surface area contributed by atoms with Crippen LogP contribution in [0.4, 0.5) is 0 Å². The summed E-state index contributed by atoms with van der Waals surface area (Å²) in [5.41, 5.74) is 5.81. The van der Waals surface area contributed by atoms with Crippen molar-refractivity contribution in [2.45, 2.75) is 25.3 Å². The maximum atomic E-state index is 5.81. The molecule has 4 heteroatoms. The molecule has 4 nitrogen and oxygen atoms in total. The first-order chi connectivity index (χ1) is 5.84. The van der Waals surface area contributed by atoms with Gasteiger partial charge in [0.1, 0.15) is 12.2 Å². The third-order valence-corrected chi connectivity index (χ3v) is 1.71. The summed E-state index contributed by atoms with van der Waals surface area (Å²) < 4.78 is 0. The molecule has 1 aromatic rings. The van der Waals surface area contributed by atoms with Crippen molar-refractivity contribution in [1.29, 1.82) is 0 Å². The van der Waals surface area contributed by atoms with Crippen LogP contribution in [-0.4, -0.2) is 15.2 Å². The van der Waals surface area contributed by atoms with Crippen molar-refractivity contribution in [2.24, 2.45) is 5.73 Å². The number of unbranched alkanes of at least 4 members (excludes halogenated alkanes) is 1. The van der Waals surface area contributed by atoms with Gasteiger partial charge in [-0.1, -0.05) is 6.08 Å². The summed E-state index contributed by atoms with van der Waals surface area (Å²) in [7, 11) is 0. The summed E-state index contributed by atoms with van der Waals surface area (Å²) in [4.78, 5) is 3.98. The molecule has 1 unspecified atom stereocenters. The van der Waals surface area contributed by atoms with Gasteiger partial charge in [0.15, 0.2) is 0 Å². The molecular weight excluding hydrogens is 152 g/mol. The normalized spacial score (nSPS) is 12.8. The minimum absolute atomic E-state index is 0.0209. The first kappa shape index (κ1) is 8.93. The predicted molar refractivity (Wildman–Crippen MR) is 47.4 cm³/mol. The van der Waals surface area contributed by atoms with E-state index in [-0.39, 0.29) is 6.04 Å². The number of rotatable bonds is 5. The van der Waals surface area contributed by atoms with Crippen LogP contribution in [0.25, 0.3) is 0 Å². The minimum Gasteiger partial charge on any atom is -0.321 e. The lowest BCUT2D eigenvalue weighted by molar-refractivity contribution is 0.588. The molecule has 1 heterocycles. The Hall–Kier alpha value is -1.16. The highest BCUT2D eigenvalue weighted by molar-refractivity contribution is 4.89. The van der Waals surface area contributed by atoms with Gasteiger partial charge in [-0.15, -0.1) is 6.58 Å². The molecule has 0 amide bonds. The number of nitrogens with zero attached hydrogens (tertiary/aromatic N) is 2. The topological polar surface area (TPSA) is 67.6 Å². The van der Waals surface area contributed by atoms with Crippen LogP contribution in [0.3, 0.4) is 0 Å². The second kappa shape index (κ2) is 4.66. The quantitative estimate of drug-likeness (QED) is 0.509. The van der Waals surface area contributed by atoms with E-state index < -0.39 is 0 Å². The van der Waals surface area contributed by atoms with Crippen LogP contribution < -0.4 is 5.73 Å². The fourth-order valence-electron chi connectivity index (χ4n) is 1.01. The van der Waals surface area contributed by atoms with E-state index in [9.17, 15) is 0 Å². The van der Waals surface area contributed by atoms with E-state index in [0.29, 0.717) is 0 Å². The Kier molecular flexibility index (Phi) is 3.47. The van der Waals surface area contributed by atoms with Crippen molar-refractivity contribution in [3.05, 3.63) is 24.8 Å². The fraction of sp³-hybridized carbons (Fsp3) is 0.500. The minimum atomic E-state index is -0.0209. The lowest BCUT2D eigenvalue weighted by Crippen LogP contribution is -2.11. The van der Waals surface area contributed by atoms with Crippen LogP contribution in [0.2, 0.25) is 0 Å². The summed E-state index contributed by atoms with van der Waals surface area (Å²) in [6, 6.07) is -0.0209. The van der Waals surface area contributed by atoms with E-state index in [4.69, 9.17) is 5.73 Å². The average Bonchev–Trinajstić information content (AvgIpc) is 2.56. The number of allylic oxidation sites excluding steroid dienone is 1. The zero-order chi connectivity index (χ0) is 8.81. The van der Waals surface area contributed by atoms with Gasteiger partial charge in [0.25, 0.3) is 0 Å². The molecule has 0 aliphatic heterocycles. The molecule has 0 bridgehead atoms. The Labute approximate surface area is 71.9 Å². The number of aromatic amines is 1. The Morgan fingerprint density at radius 1 is 1.75 bits per heavy atom. The molecule has 0 saturated heterocycles. The van der Waals surface area contributed by atoms with Gasteiger partial charge in [-0.2, -0.15) is 5.10 Å². The smallest absolute Gasteiger partial charge is 0.141 e. The molecule has 1 aromatic heterocycles. The van der Waals surface area contributed by atoms with Gasteiger partial charge in [-0.3, -0.25) is 5.10 Å². The van der Waals surface area contributed by atoms with Gasteiger partial charge < -0.3 is 5.73 Å². The van der Waals surface area contributed by atoms with Crippen molar-refractivity contribution in [3.63, 3.8) is 0 Å². The lowest BCUT2D eigenvalue weighted by Gasteiger charge is -2.05. The number of H-pyrrole nitrogens is 1. The van der Waals surface area contributed by atoms with Crippen molar-refractivity contribution in [1.82, 2.24) is 15.2 Å². The van der Waals surface area contributed by atoms with Crippen molar-refractivity contribution in [3.8, 4) is 0 Å². The molecule has 0 saturated carbocycles. The molecule has 0 fully saturated rings. The third kappa shape index (κ3) is 2.47. The number of aromatic nitrogens is 3. The number of hydrogen-bond donors (Lipinski definition) is 2. The Balaban J connectivity index is 2.29.